The van der Waals surface area contributed by atoms with Crippen LogP contribution in [0.25, 0.3) is 0 Å². The number of hydrogen-bond acceptors (Lipinski definition) is 2. The number of Topliss-reactive ketones (excluding diaryl/α,β-unsaturated/α-hetero) is 1. The first-order valence-corrected chi connectivity index (χ1v) is 8.53. The lowest BCUT2D eigenvalue weighted by molar-refractivity contribution is -0.130. The van der Waals surface area contributed by atoms with Gasteiger partial charge in [-0.2, -0.15) is 0 Å². The molecule has 0 aliphatic heterocycles. The standard InChI is InChI=1S/C18H30O2/c1-5-20-16-7-6-13(19)11-14(16)15-10-12-8-9-18(15,4)17(12,2)3/h12,14-16H,5-11H2,1-4H3/t12-,14?,15+,16?,18+/m1/s1. The highest BCUT2D eigenvalue weighted by molar-refractivity contribution is 5.79. The summed E-state index contributed by atoms with van der Waals surface area (Å²) in [5, 5.41) is 0. The normalized spacial score (nSPS) is 46.9. The average Bonchev–Trinajstić information content (AvgIpc) is 2.73. The Morgan fingerprint density at radius 2 is 2.00 bits per heavy atom. The van der Waals surface area contributed by atoms with Crippen molar-refractivity contribution in [2.75, 3.05) is 6.61 Å². The molecule has 3 saturated carbocycles. The van der Waals surface area contributed by atoms with Gasteiger partial charge in [0.1, 0.15) is 5.78 Å². The van der Waals surface area contributed by atoms with Gasteiger partial charge in [0.15, 0.2) is 0 Å². The third kappa shape index (κ3) is 1.90. The summed E-state index contributed by atoms with van der Waals surface area (Å²) in [6, 6.07) is 0. The Hall–Kier alpha value is -0.370. The molecule has 0 aromatic carbocycles. The smallest absolute Gasteiger partial charge is 0.133 e. The van der Waals surface area contributed by atoms with E-state index in [-0.39, 0.29) is 0 Å². The molecule has 0 saturated heterocycles. The summed E-state index contributed by atoms with van der Waals surface area (Å²) in [5.41, 5.74) is 0.851. The first kappa shape index (κ1) is 14.6. The Morgan fingerprint density at radius 1 is 1.25 bits per heavy atom. The largest absolute Gasteiger partial charge is 0.378 e. The van der Waals surface area contributed by atoms with Crippen molar-refractivity contribution < 1.29 is 9.53 Å². The molecule has 0 radical (unpaired) electrons. The van der Waals surface area contributed by atoms with Gasteiger partial charge in [-0.1, -0.05) is 20.8 Å². The highest BCUT2D eigenvalue weighted by atomic mass is 16.5. The third-order valence-electron chi connectivity index (χ3n) is 7.41. The van der Waals surface area contributed by atoms with Gasteiger partial charge in [-0.15, -0.1) is 0 Å². The number of hydrogen-bond donors (Lipinski definition) is 0. The van der Waals surface area contributed by atoms with E-state index in [1.165, 1.54) is 19.3 Å². The summed E-state index contributed by atoms with van der Waals surface area (Å²) in [6.45, 7) is 10.3. The van der Waals surface area contributed by atoms with E-state index in [1.54, 1.807) is 0 Å². The van der Waals surface area contributed by atoms with E-state index in [0.29, 0.717) is 34.6 Å². The Bertz CT molecular complexity index is 400. The zero-order chi connectivity index (χ0) is 14.5. The highest BCUT2D eigenvalue weighted by Crippen LogP contribution is 2.70. The Balaban J connectivity index is 1.86. The van der Waals surface area contributed by atoms with Crippen molar-refractivity contribution in [3.63, 3.8) is 0 Å². The van der Waals surface area contributed by atoms with Crippen LogP contribution < -0.4 is 0 Å². The fraction of sp³-hybridized carbons (Fsp3) is 0.944. The summed E-state index contributed by atoms with van der Waals surface area (Å²) in [5.74, 6) is 2.50. The minimum absolute atomic E-state index is 0.328. The zero-order valence-electron chi connectivity index (χ0n) is 13.6. The predicted molar refractivity (Wildman–Crippen MR) is 80.5 cm³/mol. The number of fused-ring (bicyclic) bond motifs is 2. The molecular formula is C18H30O2. The van der Waals surface area contributed by atoms with Crippen molar-refractivity contribution in [2.24, 2.45) is 28.6 Å². The van der Waals surface area contributed by atoms with Gasteiger partial charge in [-0.25, -0.2) is 0 Å². The molecule has 0 aromatic heterocycles. The molecule has 3 rings (SSSR count). The molecule has 2 bridgehead atoms. The van der Waals surface area contributed by atoms with Crippen molar-refractivity contribution in [3.05, 3.63) is 0 Å². The molecule has 3 fully saturated rings. The number of carbonyl (C=O) groups excluding carboxylic acids is 1. The highest BCUT2D eigenvalue weighted by Gasteiger charge is 2.63. The predicted octanol–water partition coefficient (Wildman–Crippen LogP) is 4.22. The van der Waals surface area contributed by atoms with Crippen molar-refractivity contribution in [2.45, 2.75) is 72.3 Å². The molecule has 2 nitrogen and oxygen atoms in total. The van der Waals surface area contributed by atoms with E-state index in [4.69, 9.17) is 4.74 Å². The number of rotatable bonds is 3. The summed E-state index contributed by atoms with van der Waals surface area (Å²) >= 11 is 0. The van der Waals surface area contributed by atoms with Gasteiger partial charge in [0, 0.05) is 19.4 Å². The molecule has 20 heavy (non-hydrogen) atoms. The van der Waals surface area contributed by atoms with E-state index >= 15 is 0 Å². The van der Waals surface area contributed by atoms with Crippen LogP contribution in [0.4, 0.5) is 0 Å². The fourth-order valence-corrected chi connectivity index (χ4v) is 5.75. The topological polar surface area (TPSA) is 26.3 Å². The van der Waals surface area contributed by atoms with Crippen LogP contribution in [0.5, 0.6) is 0 Å². The molecule has 3 aliphatic carbocycles. The summed E-state index contributed by atoms with van der Waals surface area (Å²) in [6.07, 6.45) is 6.85. The van der Waals surface area contributed by atoms with E-state index in [0.717, 1.165) is 31.8 Å². The van der Waals surface area contributed by atoms with Crippen LogP contribution in [0.3, 0.4) is 0 Å². The Morgan fingerprint density at radius 3 is 2.55 bits per heavy atom. The van der Waals surface area contributed by atoms with Gasteiger partial charge >= 0.3 is 0 Å². The van der Waals surface area contributed by atoms with Gasteiger partial charge in [-0.3, -0.25) is 4.79 Å². The van der Waals surface area contributed by atoms with Gasteiger partial charge in [-0.05, 0) is 61.2 Å². The molecule has 5 atom stereocenters. The molecular weight excluding hydrogens is 248 g/mol. The molecule has 0 heterocycles. The maximum absolute atomic E-state index is 12.0. The van der Waals surface area contributed by atoms with Crippen LogP contribution in [0.1, 0.15) is 66.2 Å². The van der Waals surface area contributed by atoms with Gasteiger partial charge in [0.05, 0.1) is 6.10 Å². The van der Waals surface area contributed by atoms with Crippen molar-refractivity contribution in [1.82, 2.24) is 0 Å². The van der Waals surface area contributed by atoms with Gasteiger partial charge in [0.2, 0.25) is 0 Å². The van der Waals surface area contributed by atoms with E-state index < -0.39 is 0 Å². The SMILES string of the molecule is CCOC1CCC(=O)CC1[C@@H]1C[C@H]2CC[C@]1(C)C2(C)C. The number of ketones is 1. The maximum atomic E-state index is 12.0. The lowest BCUT2D eigenvalue weighted by atomic mass is 9.60. The van der Waals surface area contributed by atoms with Crippen LogP contribution in [0.15, 0.2) is 0 Å². The van der Waals surface area contributed by atoms with E-state index in [9.17, 15) is 4.79 Å². The van der Waals surface area contributed by atoms with Crippen LogP contribution in [0, 0.1) is 28.6 Å². The molecule has 0 N–H and O–H groups in total. The maximum Gasteiger partial charge on any atom is 0.133 e. The van der Waals surface area contributed by atoms with Crippen molar-refractivity contribution in [1.29, 1.82) is 0 Å². The molecule has 0 spiro atoms. The lowest BCUT2D eigenvalue weighted by Gasteiger charge is -2.46. The fourth-order valence-electron chi connectivity index (χ4n) is 5.75. The second-order valence-corrected chi connectivity index (χ2v) is 8.16. The third-order valence-corrected chi connectivity index (χ3v) is 7.41. The second-order valence-electron chi connectivity index (χ2n) is 8.16. The van der Waals surface area contributed by atoms with E-state index in [1.807, 2.05) is 0 Å². The van der Waals surface area contributed by atoms with Crippen LogP contribution >= 0.6 is 0 Å². The lowest BCUT2D eigenvalue weighted by Crippen LogP contribution is -2.43. The van der Waals surface area contributed by atoms with Crippen LogP contribution in [-0.4, -0.2) is 18.5 Å². The molecule has 114 valence electrons. The summed E-state index contributed by atoms with van der Waals surface area (Å²) in [4.78, 5) is 12.0. The van der Waals surface area contributed by atoms with E-state index in [2.05, 4.69) is 27.7 Å². The molecule has 2 unspecified atom stereocenters. The quantitative estimate of drug-likeness (QED) is 0.772. The zero-order valence-corrected chi connectivity index (χ0v) is 13.6. The number of ether oxygens (including phenoxy) is 1. The van der Waals surface area contributed by atoms with Crippen molar-refractivity contribution >= 4 is 5.78 Å². The minimum atomic E-state index is 0.328. The Labute approximate surface area is 123 Å². The minimum Gasteiger partial charge on any atom is -0.378 e. The Kier molecular flexibility index (Phi) is 3.52. The first-order chi connectivity index (χ1) is 9.40. The molecule has 3 aliphatic rings. The molecule has 2 heteroatoms. The second kappa shape index (κ2) is 4.83. The monoisotopic (exact) mass is 278 g/mol. The summed E-state index contributed by atoms with van der Waals surface area (Å²) in [7, 11) is 0. The molecule has 0 amide bonds. The van der Waals surface area contributed by atoms with Gasteiger partial charge < -0.3 is 4.74 Å². The van der Waals surface area contributed by atoms with Crippen LogP contribution in [-0.2, 0) is 9.53 Å². The van der Waals surface area contributed by atoms with Crippen LogP contribution in [0.2, 0.25) is 0 Å². The first-order valence-electron chi connectivity index (χ1n) is 8.53. The number of carbonyl (C=O) groups is 1. The van der Waals surface area contributed by atoms with Crippen molar-refractivity contribution in [3.8, 4) is 0 Å². The van der Waals surface area contributed by atoms with Gasteiger partial charge in [0.25, 0.3) is 0 Å². The summed E-state index contributed by atoms with van der Waals surface area (Å²) < 4.78 is 6.02. The average molecular weight is 278 g/mol. The molecule has 0 aromatic rings.